The van der Waals surface area contributed by atoms with Gasteiger partial charge < -0.3 is 19.1 Å². The van der Waals surface area contributed by atoms with Gasteiger partial charge in [0, 0.05) is 77.2 Å². The molecule has 0 radical (unpaired) electrons. The molecule has 0 N–H and O–H groups in total. The van der Waals surface area contributed by atoms with E-state index in [1.54, 1.807) is 11.3 Å². The summed E-state index contributed by atoms with van der Waals surface area (Å²) >= 11 is 1.79. The van der Waals surface area contributed by atoms with Crippen molar-refractivity contribution in [3.05, 3.63) is 211 Å². The molecule has 0 amide bonds. The van der Waals surface area contributed by atoms with E-state index in [1.807, 2.05) is 12.3 Å². The zero-order chi connectivity index (χ0) is 53.1. The van der Waals surface area contributed by atoms with Crippen LogP contribution in [0.3, 0.4) is 0 Å². The van der Waals surface area contributed by atoms with Gasteiger partial charge in [0.2, 0.25) is 0 Å². The molecule has 0 saturated carbocycles. The molecule has 0 saturated heterocycles. The van der Waals surface area contributed by atoms with Crippen LogP contribution in [0.15, 0.2) is 170 Å². The van der Waals surface area contributed by atoms with Gasteiger partial charge in [-0.05, 0) is 126 Å². The molecule has 12 rings (SSSR count). The summed E-state index contributed by atoms with van der Waals surface area (Å²) < 4.78 is 11.5. The number of rotatable bonds is 8. The second-order valence-electron chi connectivity index (χ2n) is 24.7. The predicted molar refractivity (Wildman–Crippen MR) is 322 cm³/mol. The average molecular weight is 1210 g/mol. The molecule has 0 fully saturated rings. The molecule has 0 unspecified atom stereocenters. The Kier molecular flexibility index (Phi) is 13.0. The van der Waals surface area contributed by atoms with Crippen molar-refractivity contribution in [2.24, 2.45) is 0 Å². The van der Waals surface area contributed by atoms with Gasteiger partial charge in [-0.2, -0.15) is 17.4 Å². The average Bonchev–Trinajstić information content (AvgIpc) is 4.11. The number of benzene rings is 8. The standard InChI is InChI=1S/C70H65N4OS.Pt/c1-67(2,3)48-31-32-71-63(39-48)74-59-29-20-30-61-64(59)65-60(74)41-54(42-62(65)76-61)75-53-26-19-25-52(40-53)72-43-73(58-28-17-16-27-57(58)72)66-55(46-24-18-23-45(33-46)44-21-14-13-15-22-44)37-51(70(10,11)12)38-56(66)47-34-49(68(4,5)6)36-50(35-47)69(7,8)9;/h13-39,42-43H,1-12H3;/q-3;. The number of thiophene rings is 1. The Morgan fingerprint density at radius 2 is 1.06 bits per heavy atom. The quantitative estimate of drug-likeness (QED) is 0.142. The summed E-state index contributed by atoms with van der Waals surface area (Å²) in [5, 5.41) is 2.43. The van der Waals surface area contributed by atoms with Crippen molar-refractivity contribution in [1.82, 2.24) is 9.55 Å². The van der Waals surface area contributed by atoms with Crippen molar-refractivity contribution in [3.8, 4) is 50.7 Å². The molecule has 0 aliphatic carbocycles. The molecule has 4 heterocycles. The summed E-state index contributed by atoms with van der Waals surface area (Å²) in [6.45, 7) is 29.9. The molecular formula is C70H65N4OPtS-3. The maximum Gasteiger partial charge on any atom is 0.135 e. The molecule has 7 heteroatoms. The van der Waals surface area contributed by atoms with E-state index in [0.29, 0.717) is 11.5 Å². The molecule has 8 aromatic carbocycles. The third-order valence-electron chi connectivity index (χ3n) is 15.1. The van der Waals surface area contributed by atoms with Crippen LogP contribution in [0.4, 0.5) is 22.7 Å². The summed E-state index contributed by atoms with van der Waals surface area (Å²) in [6.07, 6.45) is 1.92. The van der Waals surface area contributed by atoms with Crippen LogP contribution >= 0.6 is 11.3 Å². The number of hydrogen-bond donors (Lipinski definition) is 0. The van der Waals surface area contributed by atoms with Crippen LogP contribution in [0, 0.1) is 18.8 Å². The van der Waals surface area contributed by atoms with Crippen molar-refractivity contribution in [3.63, 3.8) is 0 Å². The Balaban J connectivity index is 0.00000631. The first kappa shape index (κ1) is 52.1. The van der Waals surface area contributed by atoms with Gasteiger partial charge in [-0.1, -0.05) is 184 Å². The van der Waals surface area contributed by atoms with Crippen LogP contribution in [-0.2, 0) is 42.7 Å². The fraction of sp³-hybridized carbons (Fsp3) is 0.229. The van der Waals surface area contributed by atoms with E-state index in [-0.39, 0.29) is 42.7 Å². The first-order chi connectivity index (χ1) is 36.2. The fourth-order valence-corrected chi connectivity index (χ4v) is 11.9. The zero-order valence-electron chi connectivity index (χ0n) is 46.2. The third kappa shape index (κ3) is 9.57. The van der Waals surface area contributed by atoms with Crippen LogP contribution in [0.2, 0.25) is 0 Å². The Morgan fingerprint density at radius 3 is 1.75 bits per heavy atom. The van der Waals surface area contributed by atoms with Crippen molar-refractivity contribution in [1.29, 1.82) is 0 Å². The van der Waals surface area contributed by atoms with Crippen molar-refractivity contribution in [2.75, 3.05) is 9.80 Å². The summed E-state index contributed by atoms with van der Waals surface area (Å²) in [4.78, 5) is 9.62. The number of hydrogen-bond acceptors (Lipinski definition) is 5. The van der Waals surface area contributed by atoms with Crippen molar-refractivity contribution < 1.29 is 25.8 Å². The van der Waals surface area contributed by atoms with Crippen molar-refractivity contribution >= 4 is 65.3 Å². The summed E-state index contributed by atoms with van der Waals surface area (Å²) in [5.41, 5.74) is 18.0. The van der Waals surface area contributed by atoms with Crippen LogP contribution in [0.5, 0.6) is 11.5 Å². The van der Waals surface area contributed by atoms with E-state index in [0.717, 1.165) is 55.4 Å². The number of nitrogens with zero attached hydrogens (tertiary/aromatic N) is 4. The third-order valence-corrected chi connectivity index (χ3v) is 16.2. The van der Waals surface area contributed by atoms with Gasteiger partial charge in [0.05, 0.1) is 0 Å². The number of para-hydroxylation sites is 2. The Morgan fingerprint density at radius 1 is 0.468 bits per heavy atom. The van der Waals surface area contributed by atoms with E-state index in [9.17, 15) is 0 Å². The SMILES string of the molecule is CC(C)(C)c1cc(-c2cc(C(C)(C)C)cc(-c3cccc(-c4ccccc4)c3)c2N2[CH-]N(c3[c-]c(Oc4[c-]c5c6c(c4)sc4cccc(c46)n5-c4cc(C(C)(C)C)ccn4)ccc3)c3ccccc32)cc(C(C)(C)C)c1.[Pt]. The second kappa shape index (κ2) is 19.2. The van der Waals surface area contributed by atoms with Crippen LogP contribution in [0.25, 0.3) is 70.4 Å². The molecule has 0 bridgehead atoms. The molecule has 0 spiro atoms. The zero-order valence-corrected chi connectivity index (χ0v) is 49.3. The summed E-state index contributed by atoms with van der Waals surface area (Å²) in [5.74, 6) is 2.10. The monoisotopic (exact) mass is 1200 g/mol. The van der Waals surface area contributed by atoms with Gasteiger partial charge in [-0.3, -0.25) is 0 Å². The minimum atomic E-state index is -0.145. The maximum absolute atomic E-state index is 6.89. The molecular weight excluding hydrogens is 1140 g/mol. The molecule has 11 aromatic rings. The first-order valence-corrected chi connectivity index (χ1v) is 27.4. The minimum Gasteiger partial charge on any atom is -0.509 e. The van der Waals surface area contributed by atoms with E-state index < -0.39 is 0 Å². The van der Waals surface area contributed by atoms with Gasteiger partial charge >= 0.3 is 0 Å². The van der Waals surface area contributed by atoms with Crippen LogP contribution in [-0.4, -0.2) is 9.55 Å². The number of fused-ring (bicyclic) bond motifs is 1. The van der Waals surface area contributed by atoms with Crippen LogP contribution < -0.4 is 14.5 Å². The van der Waals surface area contributed by atoms with Gasteiger partial charge in [0.15, 0.2) is 0 Å². The molecule has 3 aromatic heterocycles. The van der Waals surface area contributed by atoms with Crippen molar-refractivity contribution in [2.45, 2.75) is 105 Å². The topological polar surface area (TPSA) is 33.5 Å². The Bertz CT molecular complexity index is 3970. The van der Waals surface area contributed by atoms with E-state index >= 15 is 0 Å². The first-order valence-electron chi connectivity index (χ1n) is 26.6. The number of ether oxygens (including phenoxy) is 1. The molecule has 1 aliphatic heterocycles. The Labute approximate surface area is 473 Å². The number of anilines is 4. The molecule has 390 valence electrons. The van der Waals surface area contributed by atoms with E-state index in [2.05, 4.69) is 274 Å². The number of pyridine rings is 1. The molecule has 0 atom stereocenters. The van der Waals surface area contributed by atoms with E-state index in [1.165, 1.54) is 60.0 Å². The van der Waals surface area contributed by atoms with Gasteiger partial charge in [0.25, 0.3) is 0 Å². The van der Waals surface area contributed by atoms with Gasteiger partial charge in [0.1, 0.15) is 5.82 Å². The van der Waals surface area contributed by atoms with E-state index in [4.69, 9.17) is 9.72 Å². The minimum absolute atomic E-state index is 0. The summed E-state index contributed by atoms with van der Waals surface area (Å²) in [7, 11) is 0. The molecule has 5 nitrogen and oxygen atoms in total. The predicted octanol–water partition coefficient (Wildman–Crippen LogP) is 19.8. The fourth-order valence-electron chi connectivity index (χ4n) is 10.7. The second-order valence-corrected chi connectivity index (χ2v) is 25.8. The van der Waals surface area contributed by atoms with Crippen LogP contribution in [0.1, 0.15) is 105 Å². The Hall–Kier alpha value is -6.98. The molecule has 77 heavy (non-hydrogen) atoms. The number of aromatic nitrogens is 2. The summed E-state index contributed by atoms with van der Waals surface area (Å²) in [6, 6.07) is 67.3. The normalized spacial score (nSPS) is 13.2. The maximum atomic E-state index is 6.89. The smallest absolute Gasteiger partial charge is 0.135 e. The van der Waals surface area contributed by atoms with Gasteiger partial charge in [-0.25, -0.2) is 4.98 Å². The van der Waals surface area contributed by atoms with Gasteiger partial charge in [-0.15, -0.1) is 42.7 Å². The molecule has 1 aliphatic rings. The largest absolute Gasteiger partial charge is 0.509 e.